The van der Waals surface area contributed by atoms with Gasteiger partial charge in [0.15, 0.2) is 4.34 Å². The van der Waals surface area contributed by atoms with E-state index < -0.39 is 0 Å². The standard InChI is InChI=1S/C14H18N4OS3/c1-10(12(19)15-9-11-5-4-8-20-11)21-14-17-16-13(22-14)18-6-2-3-7-18/h4-5,8,10H,2-3,6-7,9H2,1H3,(H,15,19). The van der Waals surface area contributed by atoms with Gasteiger partial charge in [0.05, 0.1) is 11.8 Å². The van der Waals surface area contributed by atoms with Crippen molar-refractivity contribution < 1.29 is 4.79 Å². The van der Waals surface area contributed by atoms with Crippen molar-refractivity contribution in [3.8, 4) is 0 Å². The molecule has 1 saturated heterocycles. The van der Waals surface area contributed by atoms with Crippen LogP contribution in [0.2, 0.25) is 0 Å². The van der Waals surface area contributed by atoms with Gasteiger partial charge in [0.25, 0.3) is 0 Å². The van der Waals surface area contributed by atoms with Gasteiger partial charge >= 0.3 is 0 Å². The van der Waals surface area contributed by atoms with Crippen molar-refractivity contribution in [2.45, 2.75) is 35.9 Å². The molecule has 118 valence electrons. The lowest BCUT2D eigenvalue weighted by Gasteiger charge is -2.11. The van der Waals surface area contributed by atoms with Gasteiger partial charge in [-0.3, -0.25) is 4.79 Å². The van der Waals surface area contributed by atoms with Crippen molar-refractivity contribution in [2.75, 3.05) is 18.0 Å². The lowest BCUT2D eigenvalue weighted by atomic mass is 10.4. The van der Waals surface area contributed by atoms with E-state index >= 15 is 0 Å². The summed E-state index contributed by atoms with van der Waals surface area (Å²) in [7, 11) is 0. The van der Waals surface area contributed by atoms with Crippen LogP contribution in [0.3, 0.4) is 0 Å². The van der Waals surface area contributed by atoms with Crippen molar-refractivity contribution in [3.63, 3.8) is 0 Å². The molecule has 1 unspecified atom stereocenters. The number of nitrogens with one attached hydrogen (secondary N) is 1. The third kappa shape index (κ3) is 3.99. The lowest BCUT2D eigenvalue weighted by Crippen LogP contribution is -2.30. The molecule has 1 aliphatic heterocycles. The number of thiophene rings is 1. The summed E-state index contributed by atoms with van der Waals surface area (Å²) in [5, 5.41) is 14.2. The van der Waals surface area contributed by atoms with E-state index in [1.165, 1.54) is 24.6 Å². The topological polar surface area (TPSA) is 58.1 Å². The number of aromatic nitrogens is 2. The number of anilines is 1. The summed E-state index contributed by atoms with van der Waals surface area (Å²) in [6, 6.07) is 4.02. The normalized spacial score (nSPS) is 16.0. The highest BCUT2D eigenvalue weighted by atomic mass is 32.2. The van der Waals surface area contributed by atoms with Crippen molar-refractivity contribution in [1.82, 2.24) is 15.5 Å². The maximum absolute atomic E-state index is 12.1. The number of hydrogen-bond donors (Lipinski definition) is 1. The summed E-state index contributed by atoms with van der Waals surface area (Å²) < 4.78 is 0.862. The average molecular weight is 355 g/mol. The van der Waals surface area contributed by atoms with Gasteiger partial charge in [0, 0.05) is 18.0 Å². The number of amides is 1. The van der Waals surface area contributed by atoms with Gasteiger partial charge in [0.1, 0.15) is 0 Å². The van der Waals surface area contributed by atoms with Gasteiger partial charge < -0.3 is 10.2 Å². The average Bonchev–Trinajstić information content (AvgIpc) is 3.25. The first-order chi connectivity index (χ1) is 10.7. The van der Waals surface area contributed by atoms with Gasteiger partial charge in [-0.25, -0.2) is 0 Å². The Hall–Kier alpha value is -1.12. The summed E-state index contributed by atoms with van der Waals surface area (Å²) in [6.07, 6.45) is 2.45. The summed E-state index contributed by atoms with van der Waals surface area (Å²) in [6.45, 7) is 4.63. The summed E-state index contributed by atoms with van der Waals surface area (Å²) in [4.78, 5) is 15.6. The van der Waals surface area contributed by atoms with Crippen LogP contribution in [0.4, 0.5) is 5.13 Å². The monoisotopic (exact) mass is 354 g/mol. The molecule has 8 heteroatoms. The molecule has 22 heavy (non-hydrogen) atoms. The molecule has 2 aromatic rings. The number of carbonyl (C=O) groups excluding carboxylic acids is 1. The first-order valence-corrected chi connectivity index (χ1v) is 9.85. The predicted octanol–water partition coefficient (Wildman–Crippen LogP) is 3.00. The van der Waals surface area contributed by atoms with Crippen molar-refractivity contribution in [1.29, 1.82) is 0 Å². The van der Waals surface area contributed by atoms with E-state index in [2.05, 4.69) is 20.4 Å². The molecule has 1 atom stereocenters. The van der Waals surface area contributed by atoms with E-state index in [9.17, 15) is 4.79 Å². The third-order valence-corrected chi connectivity index (χ3v) is 6.48. The minimum atomic E-state index is -0.167. The van der Waals surface area contributed by atoms with Crippen molar-refractivity contribution >= 4 is 45.5 Å². The molecule has 0 aromatic carbocycles. The molecule has 0 aliphatic carbocycles. The smallest absolute Gasteiger partial charge is 0.233 e. The van der Waals surface area contributed by atoms with E-state index in [4.69, 9.17) is 0 Å². The SMILES string of the molecule is CC(Sc1nnc(N2CCCC2)s1)C(=O)NCc1cccs1. The van der Waals surface area contributed by atoms with E-state index in [1.54, 1.807) is 22.7 Å². The van der Waals surface area contributed by atoms with Gasteiger partial charge in [0.2, 0.25) is 11.0 Å². The van der Waals surface area contributed by atoms with Crippen LogP contribution in [0.15, 0.2) is 21.9 Å². The van der Waals surface area contributed by atoms with Gasteiger partial charge in [-0.15, -0.1) is 21.5 Å². The Balaban J connectivity index is 1.50. The molecule has 0 bridgehead atoms. The highest BCUT2D eigenvalue weighted by molar-refractivity contribution is 8.02. The minimum absolute atomic E-state index is 0.0383. The van der Waals surface area contributed by atoms with Crippen LogP contribution in [-0.2, 0) is 11.3 Å². The Morgan fingerprint density at radius 1 is 1.45 bits per heavy atom. The van der Waals surface area contributed by atoms with Gasteiger partial charge in [-0.1, -0.05) is 29.2 Å². The second-order valence-corrected chi connectivity index (χ2v) is 8.68. The fraction of sp³-hybridized carbons (Fsp3) is 0.500. The zero-order valence-corrected chi connectivity index (χ0v) is 14.8. The highest BCUT2D eigenvalue weighted by Crippen LogP contribution is 2.32. The zero-order chi connectivity index (χ0) is 15.4. The fourth-order valence-corrected chi connectivity index (χ4v) is 4.93. The summed E-state index contributed by atoms with van der Waals surface area (Å²) in [5.41, 5.74) is 0. The minimum Gasteiger partial charge on any atom is -0.350 e. The Bertz CT molecular complexity index is 607. The van der Waals surface area contributed by atoms with Crippen LogP contribution in [-0.4, -0.2) is 34.4 Å². The van der Waals surface area contributed by atoms with E-state index in [1.807, 2.05) is 24.4 Å². The van der Waals surface area contributed by atoms with Crippen LogP contribution in [0.5, 0.6) is 0 Å². The summed E-state index contributed by atoms with van der Waals surface area (Å²) >= 11 is 4.71. The molecule has 1 amide bonds. The molecule has 2 aromatic heterocycles. The number of carbonyl (C=O) groups is 1. The van der Waals surface area contributed by atoms with Crippen LogP contribution in [0.25, 0.3) is 0 Å². The number of nitrogens with zero attached hydrogens (tertiary/aromatic N) is 3. The van der Waals surface area contributed by atoms with Crippen molar-refractivity contribution in [3.05, 3.63) is 22.4 Å². The summed E-state index contributed by atoms with van der Waals surface area (Å²) in [5.74, 6) is 0.0383. The fourth-order valence-electron chi connectivity index (χ4n) is 2.22. The zero-order valence-electron chi connectivity index (χ0n) is 12.3. The first kappa shape index (κ1) is 15.8. The van der Waals surface area contributed by atoms with Crippen LogP contribution < -0.4 is 10.2 Å². The predicted molar refractivity (Wildman–Crippen MR) is 92.8 cm³/mol. The molecule has 1 aliphatic rings. The van der Waals surface area contributed by atoms with Crippen LogP contribution in [0, 0.1) is 0 Å². The number of thioether (sulfide) groups is 1. The maximum atomic E-state index is 12.1. The molecule has 1 N–H and O–H groups in total. The molecule has 3 heterocycles. The highest BCUT2D eigenvalue weighted by Gasteiger charge is 2.20. The Morgan fingerprint density at radius 3 is 3.00 bits per heavy atom. The second-order valence-electron chi connectivity index (χ2n) is 5.10. The quantitative estimate of drug-likeness (QED) is 0.808. The molecular weight excluding hydrogens is 336 g/mol. The largest absolute Gasteiger partial charge is 0.350 e. The molecule has 0 radical (unpaired) electrons. The van der Waals surface area contributed by atoms with Crippen LogP contribution >= 0.6 is 34.4 Å². The number of rotatable bonds is 6. The van der Waals surface area contributed by atoms with E-state index in [0.717, 1.165) is 27.4 Å². The second kappa shape index (κ2) is 7.43. The third-order valence-electron chi connectivity index (χ3n) is 3.44. The van der Waals surface area contributed by atoms with Crippen molar-refractivity contribution in [2.24, 2.45) is 0 Å². The maximum Gasteiger partial charge on any atom is 0.233 e. The molecular formula is C14H18N4OS3. The molecule has 3 rings (SSSR count). The molecule has 0 saturated carbocycles. The van der Waals surface area contributed by atoms with E-state index in [0.29, 0.717) is 6.54 Å². The van der Waals surface area contributed by atoms with Gasteiger partial charge in [-0.05, 0) is 31.2 Å². The van der Waals surface area contributed by atoms with Gasteiger partial charge in [-0.2, -0.15) is 0 Å². The molecule has 1 fully saturated rings. The number of hydrogen-bond acceptors (Lipinski definition) is 7. The van der Waals surface area contributed by atoms with E-state index in [-0.39, 0.29) is 11.2 Å². The van der Waals surface area contributed by atoms with Crippen LogP contribution in [0.1, 0.15) is 24.6 Å². The lowest BCUT2D eigenvalue weighted by molar-refractivity contribution is -0.120. The Kier molecular flexibility index (Phi) is 5.32. The Morgan fingerprint density at radius 2 is 2.27 bits per heavy atom. The molecule has 5 nitrogen and oxygen atoms in total. The first-order valence-electron chi connectivity index (χ1n) is 7.27. The Labute approximate surface area is 142 Å². The molecule has 0 spiro atoms.